The molecule has 0 heterocycles. The van der Waals surface area contributed by atoms with Gasteiger partial charge in [-0.1, -0.05) is 48.0 Å². The summed E-state index contributed by atoms with van der Waals surface area (Å²) < 4.78 is 5.66. The van der Waals surface area contributed by atoms with Gasteiger partial charge in [-0.3, -0.25) is 4.79 Å². The van der Waals surface area contributed by atoms with Gasteiger partial charge in [-0.2, -0.15) is 0 Å². The zero-order chi connectivity index (χ0) is 17.6. The number of hydrogen-bond acceptors (Lipinski definition) is 2. The van der Waals surface area contributed by atoms with Gasteiger partial charge in [0.25, 0.3) is 0 Å². The van der Waals surface area contributed by atoms with E-state index in [0.717, 1.165) is 40.8 Å². The fourth-order valence-electron chi connectivity index (χ4n) is 3.56. The fraction of sp³-hybridized carbons (Fsp3) is 0.318. The summed E-state index contributed by atoms with van der Waals surface area (Å²) in [6, 6.07) is 14.4. The summed E-state index contributed by atoms with van der Waals surface area (Å²) in [6.07, 6.45) is 8.11. The summed E-state index contributed by atoms with van der Waals surface area (Å²) >= 11 is 0. The van der Waals surface area contributed by atoms with E-state index in [9.17, 15) is 4.79 Å². The second kappa shape index (κ2) is 8.02. The fourth-order valence-corrected chi connectivity index (χ4v) is 3.56. The van der Waals surface area contributed by atoms with Gasteiger partial charge in [0, 0.05) is 12.0 Å². The Kier molecular flexibility index (Phi) is 5.54. The van der Waals surface area contributed by atoms with E-state index in [-0.39, 0.29) is 5.91 Å². The topological polar surface area (TPSA) is 52.3 Å². The zero-order valence-corrected chi connectivity index (χ0v) is 14.8. The second-order valence-corrected chi connectivity index (χ2v) is 6.56. The summed E-state index contributed by atoms with van der Waals surface area (Å²) in [5.41, 5.74) is 11.4. The predicted octanol–water partition coefficient (Wildman–Crippen LogP) is 4.74. The molecule has 1 fully saturated rings. The first-order valence-corrected chi connectivity index (χ1v) is 8.92. The Bertz CT molecular complexity index is 770. The van der Waals surface area contributed by atoms with Crippen molar-refractivity contribution >= 4 is 12.0 Å². The van der Waals surface area contributed by atoms with Gasteiger partial charge < -0.3 is 10.5 Å². The Labute approximate surface area is 149 Å². The van der Waals surface area contributed by atoms with Crippen LogP contribution in [0, 0.1) is 0 Å². The number of rotatable bonds is 6. The van der Waals surface area contributed by atoms with Gasteiger partial charge in [0.1, 0.15) is 5.75 Å². The molecular weight excluding hydrogens is 310 g/mol. The van der Waals surface area contributed by atoms with Gasteiger partial charge in [-0.05, 0) is 54.9 Å². The number of nitrogens with two attached hydrogens (primary N) is 1. The van der Waals surface area contributed by atoms with E-state index in [2.05, 4.69) is 24.3 Å². The molecule has 1 saturated carbocycles. The van der Waals surface area contributed by atoms with Crippen LogP contribution in [0.4, 0.5) is 0 Å². The lowest BCUT2D eigenvalue weighted by Crippen LogP contribution is -2.11. The Hall–Kier alpha value is -2.55. The number of carbonyl (C=O) groups excluding carboxylic acids is 1. The molecule has 2 aromatic rings. The molecule has 1 aliphatic rings. The lowest BCUT2D eigenvalue weighted by atomic mass is 9.90. The minimum Gasteiger partial charge on any atom is -0.496 e. The van der Waals surface area contributed by atoms with Gasteiger partial charge in [0.15, 0.2) is 0 Å². The van der Waals surface area contributed by atoms with Crippen LogP contribution in [0.3, 0.4) is 0 Å². The Balaban J connectivity index is 2.16. The molecule has 0 saturated heterocycles. The van der Waals surface area contributed by atoms with Crippen LogP contribution >= 0.6 is 0 Å². The Morgan fingerprint density at radius 1 is 1.12 bits per heavy atom. The molecule has 1 amide bonds. The van der Waals surface area contributed by atoms with Crippen molar-refractivity contribution in [1.29, 1.82) is 0 Å². The second-order valence-electron chi connectivity index (χ2n) is 6.56. The Morgan fingerprint density at radius 3 is 2.48 bits per heavy atom. The normalized spacial score (nSPS) is 13.7. The van der Waals surface area contributed by atoms with E-state index in [1.807, 2.05) is 24.3 Å². The Morgan fingerprint density at radius 2 is 1.84 bits per heavy atom. The maximum Gasteiger partial charge on any atom is 0.217 e. The van der Waals surface area contributed by atoms with E-state index < -0.39 is 0 Å². The third-order valence-electron chi connectivity index (χ3n) is 4.81. The highest BCUT2D eigenvalue weighted by molar-refractivity contribution is 5.83. The zero-order valence-electron chi connectivity index (χ0n) is 14.8. The van der Waals surface area contributed by atoms with Gasteiger partial charge in [-0.25, -0.2) is 0 Å². The SMILES string of the molecule is COc1ccc(CCC(N)=O)c(-c2ccccc2)c1C=C1CCCC1. The van der Waals surface area contributed by atoms with Crippen LogP contribution in [0.1, 0.15) is 43.2 Å². The third-order valence-corrected chi connectivity index (χ3v) is 4.81. The van der Waals surface area contributed by atoms with Crippen LogP contribution in [-0.4, -0.2) is 13.0 Å². The lowest BCUT2D eigenvalue weighted by Gasteiger charge is -2.17. The minimum atomic E-state index is -0.273. The minimum absolute atomic E-state index is 0.273. The molecule has 2 aromatic carbocycles. The van der Waals surface area contributed by atoms with E-state index in [1.165, 1.54) is 18.4 Å². The highest BCUT2D eigenvalue weighted by Gasteiger charge is 2.17. The monoisotopic (exact) mass is 335 g/mol. The number of amides is 1. The summed E-state index contributed by atoms with van der Waals surface area (Å²) in [7, 11) is 1.71. The first-order valence-electron chi connectivity index (χ1n) is 8.92. The van der Waals surface area contributed by atoms with Crippen LogP contribution in [0.2, 0.25) is 0 Å². The predicted molar refractivity (Wildman–Crippen MR) is 102 cm³/mol. The largest absolute Gasteiger partial charge is 0.496 e. The first-order chi connectivity index (χ1) is 12.2. The molecule has 3 nitrogen and oxygen atoms in total. The summed E-state index contributed by atoms with van der Waals surface area (Å²) in [5.74, 6) is 0.603. The first kappa shape index (κ1) is 17.3. The third kappa shape index (κ3) is 4.11. The van der Waals surface area contributed by atoms with Crippen molar-refractivity contribution in [1.82, 2.24) is 0 Å². The molecule has 0 radical (unpaired) electrons. The van der Waals surface area contributed by atoms with Gasteiger partial charge in [0.05, 0.1) is 7.11 Å². The van der Waals surface area contributed by atoms with Crippen molar-refractivity contribution < 1.29 is 9.53 Å². The van der Waals surface area contributed by atoms with Crippen LogP contribution in [0.25, 0.3) is 17.2 Å². The van der Waals surface area contributed by atoms with Crippen LogP contribution in [0.5, 0.6) is 5.75 Å². The van der Waals surface area contributed by atoms with Crippen molar-refractivity contribution in [2.75, 3.05) is 7.11 Å². The van der Waals surface area contributed by atoms with Crippen molar-refractivity contribution in [2.45, 2.75) is 38.5 Å². The molecule has 0 bridgehead atoms. The molecule has 130 valence electrons. The number of allylic oxidation sites excluding steroid dienone is 1. The highest BCUT2D eigenvalue weighted by Crippen LogP contribution is 2.38. The van der Waals surface area contributed by atoms with E-state index in [4.69, 9.17) is 10.5 Å². The molecule has 1 aliphatic carbocycles. The average Bonchev–Trinajstić information content (AvgIpc) is 3.13. The van der Waals surface area contributed by atoms with Crippen molar-refractivity contribution in [3.63, 3.8) is 0 Å². The number of aryl methyl sites for hydroxylation is 1. The highest BCUT2D eigenvalue weighted by atomic mass is 16.5. The number of ether oxygens (including phenoxy) is 1. The van der Waals surface area contributed by atoms with Crippen LogP contribution < -0.4 is 10.5 Å². The maximum absolute atomic E-state index is 11.3. The quantitative estimate of drug-likeness (QED) is 0.829. The van der Waals surface area contributed by atoms with Crippen molar-refractivity contribution in [3.05, 3.63) is 59.2 Å². The number of benzene rings is 2. The van der Waals surface area contributed by atoms with E-state index in [1.54, 1.807) is 7.11 Å². The number of hydrogen-bond donors (Lipinski definition) is 1. The molecule has 0 aromatic heterocycles. The van der Waals surface area contributed by atoms with Crippen molar-refractivity contribution in [3.8, 4) is 16.9 Å². The molecule has 0 spiro atoms. The molecule has 3 heteroatoms. The van der Waals surface area contributed by atoms with E-state index >= 15 is 0 Å². The summed E-state index contributed by atoms with van der Waals surface area (Å²) in [6.45, 7) is 0. The van der Waals surface area contributed by atoms with Gasteiger partial charge in [0.2, 0.25) is 5.91 Å². The van der Waals surface area contributed by atoms with Crippen molar-refractivity contribution in [2.24, 2.45) is 5.73 Å². The summed E-state index contributed by atoms with van der Waals surface area (Å²) in [4.78, 5) is 11.3. The number of primary amides is 1. The molecule has 25 heavy (non-hydrogen) atoms. The number of methoxy groups -OCH3 is 1. The molecule has 0 atom stereocenters. The molecule has 2 N–H and O–H groups in total. The van der Waals surface area contributed by atoms with E-state index in [0.29, 0.717) is 12.8 Å². The number of carbonyl (C=O) groups is 1. The van der Waals surface area contributed by atoms with Crippen LogP contribution in [0.15, 0.2) is 48.0 Å². The van der Waals surface area contributed by atoms with Crippen LogP contribution in [-0.2, 0) is 11.2 Å². The van der Waals surface area contributed by atoms with Gasteiger partial charge >= 0.3 is 0 Å². The smallest absolute Gasteiger partial charge is 0.217 e. The maximum atomic E-state index is 11.3. The molecule has 0 unspecified atom stereocenters. The molecule has 3 rings (SSSR count). The summed E-state index contributed by atoms with van der Waals surface area (Å²) in [5, 5.41) is 0. The lowest BCUT2D eigenvalue weighted by molar-refractivity contribution is -0.117. The van der Waals surface area contributed by atoms with Gasteiger partial charge in [-0.15, -0.1) is 0 Å². The molecule has 0 aliphatic heterocycles. The average molecular weight is 335 g/mol. The standard InChI is InChI=1S/C22H25NO2/c1-25-20-13-11-18(12-14-21(23)24)22(17-9-3-2-4-10-17)19(20)15-16-7-5-6-8-16/h2-4,9-11,13,15H,5-8,12,14H2,1H3,(H2,23,24). The molecular formula is C22H25NO2.